The predicted octanol–water partition coefficient (Wildman–Crippen LogP) is 1.90. The smallest absolute Gasteiger partial charge is 0.360 e. The number of nitrogens with one attached hydrogen (secondary N) is 1. The van der Waals surface area contributed by atoms with E-state index < -0.39 is 5.97 Å². The topological polar surface area (TPSA) is 108 Å². The van der Waals surface area contributed by atoms with Gasteiger partial charge in [-0.2, -0.15) is 11.8 Å². The van der Waals surface area contributed by atoms with Crippen molar-refractivity contribution in [2.45, 2.75) is 56.0 Å². The molecule has 26 heavy (non-hydrogen) atoms. The summed E-state index contributed by atoms with van der Waals surface area (Å²) in [6.45, 7) is 2.69. The molecule has 9 nitrogen and oxygen atoms in total. The van der Waals surface area contributed by atoms with E-state index in [1.165, 1.54) is 13.5 Å². The molecule has 2 fully saturated rings. The molecule has 3 heterocycles. The molecule has 1 aliphatic carbocycles. The Balaban J connectivity index is 1.54. The second-order valence-electron chi connectivity index (χ2n) is 6.96. The maximum atomic E-state index is 11.5. The van der Waals surface area contributed by atoms with E-state index in [0.29, 0.717) is 18.3 Å². The molecule has 1 aliphatic heterocycles. The molecule has 0 bridgehead atoms. The van der Waals surface area contributed by atoms with Gasteiger partial charge in [-0.3, -0.25) is 5.32 Å². The minimum atomic E-state index is -0.507. The third-order valence-electron chi connectivity index (χ3n) is 4.96. The number of esters is 1. The molecule has 140 valence electrons. The van der Waals surface area contributed by atoms with Gasteiger partial charge < -0.3 is 9.26 Å². The number of thioether (sulfide) groups is 1. The van der Waals surface area contributed by atoms with Crippen molar-refractivity contribution in [3.8, 4) is 0 Å². The number of aromatic nitrogens is 5. The van der Waals surface area contributed by atoms with Gasteiger partial charge in [-0.25, -0.2) is 9.48 Å². The SMILES string of the molecule is COC(=O)c1cc(CNC(c2nnnn2C2CC2)C2(C)CCCS2)on1. The molecule has 4 rings (SSSR count). The summed E-state index contributed by atoms with van der Waals surface area (Å²) in [6.07, 6.45) is 4.52. The Morgan fingerprint density at radius 1 is 1.58 bits per heavy atom. The van der Waals surface area contributed by atoms with E-state index in [4.69, 9.17) is 4.52 Å². The number of carbonyl (C=O) groups is 1. The molecule has 2 aromatic rings. The number of carbonyl (C=O) groups excluding carboxylic acids is 1. The highest BCUT2D eigenvalue weighted by atomic mass is 32.2. The van der Waals surface area contributed by atoms with Crippen LogP contribution < -0.4 is 5.32 Å². The highest BCUT2D eigenvalue weighted by Crippen LogP contribution is 2.47. The van der Waals surface area contributed by atoms with Gasteiger partial charge in [-0.15, -0.1) is 5.10 Å². The zero-order valence-electron chi connectivity index (χ0n) is 14.8. The average molecular weight is 378 g/mol. The first-order valence-corrected chi connectivity index (χ1v) is 9.78. The summed E-state index contributed by atoms with van der Waals surface area (Å²) in [5.41, 5.74) is 0.171. The minimum Gasteiger partial charge on any atom is -0.464 e. The Kier molecular flexibility index (Phi) is 4.70. The van der Waals surface area contributed by atoms with Crippen LogP contribution in [0, 0.1) is 0 Å². The van der Waals surface area contributed by atoms with Crippen LogP contribution >= 0.6 is 11.8 Å². The van der Waals surface area contributed by atoms with Crippen LogP contribution in [0.25, 0.3) is 0 Å². The van der Waals surface area contributed by atoms with Crippen molar-refractivity contribution in [2.24, 2.45) is 0 Å². The number of hydrogen-bond acceptors (Lipinski definition) is 9. The van der Waals surface area contributed by atoms with E-state index in [2.05, 4.69) is 37.7 Å². The fourth-order valence-corrected chi connectivity index (χ4v) is 4.78. The van der Waals surface area contributed by atoms with Crippen molar-refractivity contribution >= 4 is 17.7 Å². The van der Waals surface area contributed by atoms with Crippen LogP contribution in [0.4, 0.5) is 0 Å². The molecule has 1 saturated heterocycles. The van der Waals surface area contributed by atoms with Crippen LogP contribution in [-0.2, 0) is 11.3 Å². The molecule has 2 atom stereocenters. The van der Waals surface area contributed by atoms with Gasteiger partial charge in [0.15, 0.2) is 17.3 Å². The van der Waals surface area contributed by atoms with Gasteiger partial charge in [0.1, 0.15) is 0 Å². The summed E-state index contributed by atoms with van der Waals surface area (Å²) in [5, 5.41) is 19.8. The Morgan fingerprint density at radius 2 is 2.42 bits per heavy atom. The molecule has 1 saturated carbocycles. The average Bonchev–Trinajstić information content (AvgIpc) is 3.04. The lowest BCUT2D eigenvalue weighted by Crippen LogP contribution is -2.39. The van der Waals surface area contributed by atoms with Gasteiger partial charge in [0.05, 0.1) is 25.7 Å². The maximum Gasteiger partial charge on any atom is 0.360 e. The molecule has 0 spiro atoms. The van der Waals surface area contributed by atoms with Gasteiger partial charge >= 0.3 is 5.97 Å². The van der Waals surface area contributed by atoms with Gasteiger partial charge in [0.25, 0.3) is 0 Å². The van der Waals surface area contributed by atoms with E-state index in [-0.39, 0.29) is 16.5 Å². The second kappa shape index (κ2) is 6.99. The monoisotopic (exact) mass is 378 g/mol. The van der Waals surface area contributed by atoms with Crippen molar-refractivity contribution in [3.63, 3.8) is 0 Å². The molecule has 0 radical (unpaired) electrons. The molecule has 2 aromatic heterocycles. The summed E-state index contributed by atoms with van der Waals surface area (Å²) >= 11 is 1.95. The van der Waals surface area contributed by atoms with Crippen LogP contribution in [-0.4, -0.2) is 48.9 Å². The fraction of sp³-hybridized carbons (Fsp3) is 0.688. The van der Waals surface area contributed by atoms with Crippen molar-refractivity contribution in [1.82, 2.24) is 30.7 Å². The second-order valence-corrected chi connectivity index (χ2v) is 8.59. The molecule has 0 amide bonds. The zero-order chi connectivity index (χ0) is 18.1. The first-order chi connectivity index (χ1) is 12.6. The normalized spacial score (nSPS) is 23.9. The fourth-order valence-electron chi connectivity index (χ4n) is 3.38. The number of hydrogen-bond donors (Lipinski definition) is 1. The molecule has 1 N–H and O–H groups in total. The van der Waals surface area contributed by atoms with E-state index in [0.717, 1.165) is 30.8 Å². The maximum absolute atomic E-state index is 11.5. The summed E-state index contributed by atoms with van der Waals surface area (Å²) in [7, 11) is 1.32. The first-order valence-electron chi connectivity index (χ1n) is 8.80. The molecular weight excluding hydrogens is 356 g/mol. The highest BCUT2D eigenvalue weighted by molar-refractivity contribution is 8.00. The lowest BCUT2D eigenvalue weighted by Gasteiger charge is -2.33. The van der Waals surface area contributed by atoms with Crippen LogP contribution in [0.15, 0.2) is 10.6 Å². The van der Waals surface area contributed by atoms with Crippen LogP contribution in [0.1, 0.15) is 66.8 Å². The lowest BCUT2D eigenvalue weighted by molar-refractivity contribution is 0.0589. The number of nitrogens with zero attached hydrogens (tertiary/aromatic N) is 5. The first kappa shape index (κ1) is 17.5. The number of ether oxygens (including phenoxy) is 1. The standard InChI is InChI=1S/C16H22N6O3S/c1-16(6-3-7-26-16)13(14-18-20-21-22(14)10-4-5-10)17-9-11-8-12(19-25-11)15(23)24-2/h8,10,13,17H,3-7,9H2,1-2H3. The van der Waals surface area contributed by atoms with E-state index in [1.54, 1.807) is 6.07 Å². The Hall–Kier alpha value is -1.94. The van der Waals surface area contributed by atoms with Crippen molar-refractivity contribution in [1.29, 1.82) is 0 Å². The molecular formula is C16H22N6O3S. The molecule has 2 unspecified atom stereocenters. The third-order valence-corrected chi connectivity index (χ3v) is 6.56. The zero-order valence-corrected chi connectivity index (χ0v) is 15.7. The van der Waals surface area contributed by atoms with Crippen LogP contribution in [0.5, 0.6) is 0 Å². The van der Waals surface area contributed by atoms with Gasteiger partial charge in [-0.1, -0.05) is 5.16 Å². The molecule has 0 aromatic carbocycles. The minimum absolute atomic E-state index is 0.00650. The molecule has 2 aliphatic rings. The highest BCUT2D eigenvalue weighted by Gasteiger charge is 2.43. The largest absolute Gasteiger partial charge is 0.464 e. The Morgan fingerprint density at radius 3 is 3.12 bits per heavy atom. The van der Waals surface area contributed by atoms with Crippen LogP contribution in [0.2, 0.25) is 0 Å². The number of rotatable bonds is 7. The number of methoxy groups -OCH3 is 1. The molecule has 10 heteroatoms. The summed E-state index contributed by atoms with van der Waals surface area (Å²) in [6, 6.07) is 2.00. The summed E-state index contributed by atoms with van der Waals surface area (Å²) in [4.78, 5) is 11.5. The van der Waals surface area contributed by atoms with Crippen molar-refractivity contribution in [2.75, 3.05) is 12.9 Å². The van der Waals surface area contributed by atoms with Crippen molar-refractivity contribution in [3.05, 3.63) is 23.3 Å². The summed E-state index contributed by atoms with van der Waals surface area (Å²) < 4.78 is 11.9. The van der Waals surface area contributed by atoms with E-state index >= 15 is 0 Å². The van der Waals surface area contributed by atoms with E-state index in [9.17, 15) is 4.79 Å². The predicted molar refractivity (Wildman–Crippen MR) is 93.6 cm³/mol. The van der Waals surface area contributed by atoms with Gasteiger partial charge in [0, 0.05) is 10.8 Å². The Bertz CT molecular complexity index is 781. The Labute approximate surface area is 155 Å². The number of tetrazole rings is 1. The third kappa shape index (κ3) is 3.35. The lowest BCUT2D eigenvalue weighted by atomic mass is 9.95. The quantitative estimate of drug-likeness (QED) is 0.723. The van der Waals surface area contributed by atoms with E-state index in [1.807, 2.05) is 16.4 Å². The van der Waals surface area contributed by atoms with Crippen molar-refractivity contribution < 1.29 is 14.1 Å². The van der Waals surface area contributed by atoms with Crippen LogP contribution in [0.3, 0.4) is 0 Å². The van der Waals surface area contributed by atoms with Gasteiger partial charge in [0.2, 0.25) is 0 Å². The van der Waals surface area contributed by atoms with Gasteiger partial charge in [-0.05, 0) is 48.8 Å². The summed E-state index contributed by atoms with van der Waals surface area (Å²) in [5.74, 6) is 2.08.